The van der Waals surface area contributed by atoms with Crippen LogP contribution in [0.4, 0.5) is 0 Å². The number of Topliss-reactive ketones (excluding diaryl/α,β-unsaturated/α-hetero) is 1. The fraction of sp³-hybridized carbons (Fsp3) is 0.500. The van der Waals surface area contributed by atoms with E-state index in [1.54, 1.807) is 0 Å². The van der Waals surface area contributed by atoms with E-state index in [-0.39, 0.29) is 11.8 Å². The molecular weight excluding hydrogens is 198 g/mol. The summed E-state index contributed by atoms with van der Waals surface area (Å²) in [5, 5.41) is 0. The number of ketones is 1. The van der Waals surface area contributed by atoms with Crippen LogP contribution in [0.5, 0.6) is 0 Å². The zero-order valence-electron chi connectivity index (χ0n) is 10.6. The molecule has 0 aliphatic rings. The van der Waals surface area contributed by atoms with Gasteiger partial charge in [0.15, 0.2) is 5.78 Å². The van der Waals surface area contributed by atoms with Gasteiger partial charge >= 0.3 is 0 Å². The molecule has 1 atom stereocenters. The molecule has 0 fully saturated rings. The van der Waals surface area contributed by atoms with Gasteiger partial charge < -0.3 is 0 Å². The van der Waals surface area contributed by atoms with Gasteiger partial charge in [-0.2, -0.15) is 0 Å². The Morgan fingerprint density at radius 1 is 1.19 bits per heavy atom. The summed E-state index contributed by atoms with van der Waals surface area (Å²) >= 11 is 0. The molecule has 1 aromatic rings. The molecule has 0 heterocycles. The van der Waals surface area contributed by atoms with Crippen LogP contribution >= 0.6 is 0 Å². The van der Waals surface area contributed by atoms with E-state index in [1.165, 1.54) is 0 Å². The number of carbonyl (C=O) groups excluding carboxylic acids is 1. The molecule has 0 saturated carbocycles. The molecule has 0 spiro atoms. The third-order valence-electron chi connectivity index (χ3n) is 2.96. The van der Waals surface area contributed by atoms with Crippen molar-refractivity contribution >= 4 is 5.78 Å². The lowest BCUT2D eigenvalue weighted by atomic mass is 10.0. The second kappa shape index (κ2) is 5.80. The van der Waals surface area contributed by atoms with Gasteiger partial charge in [0.2, 0.25) is 0 Å². The maximum Gasteiger partial charge on any atom is 0.179 e. The predicted molar refractivity (Wildman–Crippen MR) is 67.8 cm³/mol. The van der Waals surface area contributed by atoms with Gasteiger partial charge in [-0.1, -0.05) is 37.3 Å². The van der Waals surface area contributed by atoms with Gasteiger partial charge in [0.25, 0.3) is 0 Å². The summed E-state index contributed by atoms with van der Waals surface area (Å²) in [7, 11) is 0. The number of hydrogen-bond acceptors (Lipinski definition) is 2. The lowest BCUT2D eigenvalue weighted by molar-refractivity contribution is 0.0800. The summed E-state index contributed by atoms with van der Waals surface area (Å²) < 4.78 is 0. The fourth-order valence-electron chi connectivity index (χ4n) is 2.08. The van der Waals surface area contributed by atoms with Crippen LogP contribution in [0, 0.1) is 0 Å². The smallest absolute Gasteiger partial charge is 0.179 e. The van der Waals surface area contributed by atoms with Gasteiger partial charge in [0.1, 0.15) is 0 Å². The van der Waals surface area contributed by atoms with Gasteiger partial charge in [0.05, 0.1) is 6.04 Å². The van der Waals surface area contributed by atoms with Crippen molar-refractivity contribution < 1.29 is 4.79 Å². The Morgan fingerprint density at radius 2 is 1.75 bits per heavy atom. The number of benzene rings is 1. The first kappa shape index (κ1) is 12.9. The lowest BCUT2D eigenvalue weighted by Gasteiger charge is -2.30. The minimum atomic E-state index is -0.0487. The first-order chi connectivity index (χ1) is 7.57. The number of rotatable bonds is 5. The molecule has 2 heteroatoms. The van der Waals surface area contributed by atoms with Crippen LogP contribution in [-0.4, -0.2) is 29.3 Å². The van der Waals surface area contributed by atoms with Crippen LogP contribution in [0.25, 0.3) is 0 Å². The monoisotopic (exact) mass is 219 g/mol. The predicted octanol–water partition coefficient (Wildman–Crippen LogP) is 2.99. The number of nitrogens with zero attached hydrogens (tertiary/aromatic N) is 1. The maximum absolute atomic E-state index is 12.2. The first-order valence-electron chi connectivity index (χ1n) is 5.93. The Morgan fingerprint density at radius 3 is 2.19 bits per heavy atom. The molecule has 0 bridgehead atoms. The number of likely N-dealkylation sites (N-methyl/N-ethyl adjacent to an activating group) is 1. The van der Waals surface area contributed by atoms with Gasteiger partial charge in [-0.15, -0.1) is 0 Å². The van der Waals surface area contributed by atoms with E-state index in [0.717, 1.165) is 12.1 Å². The molecule has 0 radical (unpaired) electrons. The highest BCUT2D eigenvalue weighted by Gasteiger charge is 2.22. The molecule has 1 rings (SSSR count). The molecule has 0 aliphatic heterocycles. The average Bonchev–Trinajstić information content (AvgIpc) is 2.29. The summed E-state index contributed by atoms with van der Waals surface area (Å²) in [6.07, 6.45) is 0. The van der Waals surface area contributed by atoms with Crippen molar-refractivity contribution in [3.8, 4) is 0 Å². The number of hydrogen-bond donors (Lipinski definition) is 0. The van der Waals surface area contributed by atoms with E-state index in [0.29, 0.717) is 6.04 Å². The van der Waals surface area contributed by atoms with Crippen molar-refractivity contribution in [3.63, 3.8) is 0 Å². The Bertz CT molecular complexity index is 332. The van der Waals surface area contributed by atoms with Gasteiger partial charge in [-0.05, 0) is 27.3 Å². The summed E-state index contributed by atoms with van der Waals surface area (Å²) in [5.74, 6) is 0.205. The largest absolute Gasteiger partial charge is 0.292 e. The van der Waals surface area contributed by atoms with Crippen molar-refractivity contribution in [1.29, 1.82) is 0 Å². The maximum atomic E-state index is 12.2. The lowest BCUT2D eigenvalue weighted by Crippen LogP contribution is -2.43. The summed E-state index contributed by atoms with van der Waals surface area (Å²) in [6, 6.07) is 9.86. The topological polar surface area (TPSA) is 20.3 Å². The van der Waals surface area contributed by atoms with Crippen molar-refractivity contribution in [3.05, 3.63) is 35.9 Å². The van der Waals surface area contributed by atoms with Crippen LogP contribution in [0.2, 0.25) is 0 Å². The van der Waals surface area contributed by atoms with Crippen molar-refractivity contribution in [2.75, 3.05) is 6.54 Å². The third-order valence-corrected chi connectivity index (χ3v) is 2.96. The average molecular weight is 219 g/mol. The zero-order valence-corrected chi connectivity index (χ0v) is 10.6. The minimum Gasteiger partial charge on any atom is -0.292 e. The highest BCUT2D eigenvalue weighted by Crippen LogP contribution is 2.11. The van der Waals surface area contributed by atoms with Crippen LogP contribution in [-0.2, 0) is 0 Å². The van der Waals surface area contributed by atoms with Gasteiger partial charge in [0, 0.05) is 11.6 Å². The Balaban J connectivity index is 2.81. The molecule has 0 aromatic heterocycles. The summed E-state index contributed by atoms with van der Waals surface area (Å²) in [6.45, 7) is 9.22. The highest BCUT2D eigenvalue weighted by atomic mass is 16.1. The number of carbonyl (C=O) groups is 1. The quantitative estimate of drug-likeness (QED) is 0.710. The molecule has 0 aliphatic carbocycles. The molecule has 1 unspecified atom stereocenters. The molecule has 16 heavy (non-hydrogen) atoms. The van der Waals surface area contributed by atoms with Crippen LogP contribution < -0.4 is 0 Å². The molecule has 0 saturated heterocycles. The Hall–Kier alpha value is -1.15. The fourth-order valence-corrected chi connectivity index (χ4v) is 2.08. The Kier molecular flexibility index (Phi) is 4.69. The molecule has 88 valence electrons. The highest BCUT2D eigenvalue weighted by molar-refractivity contribution is 5.99. The molecule has 2 nitrogen and oxygen atoms in total. The van der Waals surface area contributed by atoms with Gasteiger partial charge in [-0.25, -0.2) is 0 Å². The molecule has 0 N–H and O–H groups in total. The second-order valence-electron chi connectivity index (χ2n) is 4.33. The third kappa shape index (κ3) is 2.92. The van der Waals surface area contributed by atoms with E-state index in [1.807, 2.05) is 37.3 Å². The van der Waals surface area contributed by atoms with E-state index >= 15 is 0 Å². The summed E-state index contributed by atoms with van der Waals surface area (Å²) in [5.41, 5.74) is 0.800. The SMILES string of the molecule is CCN(C(C)C)C(C)C(=O)c1ccccc1. The van der Waals surface area contributed by atoms with E-state index in [2.05, 4.69) is 25.7 Å². The molecule has 1 aromatic carbocycles. The second-order valence-corrected chi connectivity index (χ2v) is 4.33. The van der Waals surface area contributed by atoms with Crippen LogP contribution in [0.3, 0.4) is 0 Å². The van der Waals surface area contributed by atoms with Gasteiger partial charge in [-0.3, -0.25) is 9.69 Å². The standard InChI is InChI=1S/C14H21NO/c1-5-15(11(2)3)12(4)14(16)13-9-7-6-8-10-13/h6-12H,5H2,1-4H3. The van der Waals surface area contributed by atoms with Crippen LogP contribution in [0.1, 0.15) is 38.1 Å². The minimum absolute atomic E-state index is 0.0487. The molecule has 0 amide bonds. The Labute approximate surface area is 98.3 Å². The molecular formula is C14H21NO. The zero-order chi connectivity index (χ0) is 12.1. The van der Waals surface area contributed by atoms with Crippen molar-refractivity contribution in [2.45, 2.75) is 39.8 Å². The normalized spacial score (nSPS) is 13.1. The van der Waals surface area contributed by atoms with E-state index in [4.69, 9.17) is 0 Å². The van der Waals surface area contributed by atoms with Crippen molar-refractivity contribution in [1.82, 2.24) is 4.90 Å². The first-order valence-corrected chi connectivity index (χ1v) is 5.93. The summed E-state index contributed by atoms with van der Waals surface area (Å²) in [4.78, 5) is 14.4. The van der Waals surface area contributed by atoms with E-state index < -0.39 is 0 Å². The van der Waals surface area contributed by atoms with E-state index in [9.17, 15) is 4.79 Å². The van der Waals surface area contributed by atoms with Crippen molar-refractivity contribution in [2.24, 2.45) is 0 Å². The van der Waals surface area contributed by atoms with Crippen LogP contribution in [0.15, 0.2) is 30.3 Å².